The fourth-order valence-electron chi connectivity index (χ4n) is 2.03. The van der Waals surface area contributed by atoms with Gasteiger partial charge in [0.15, 0.2) is 0 Å². The van der Waals surface area contributed by atoms with Crippen LogP contribution in [0.2, 0.25) is 0 Å². The van der Waals surface area contributed by atoms with Crippen LogP contribution in [-0.2, 0) is 0 Å². The summed E-state index contributed by atoms with van der Waals surface area (Å²) in [6, 6.07) is 12.2. The van der Waals surface area contributed by atoms with Crippen molar-refractivity contribution < 1.29 is 4.79 Å². The van der Waals surface area contributed by atoms with Gasteiger partial charge >= 0.3 is 0 Å². The van der Waals surface area contributed by atoms with Gasteiger partial charge in [-0.15, -0.1) is 0 Å². The van der Waals surface area contributed by atoms with Gasteiger partial charge in [0, 0.05) is 5.56 Å². The number of benzene rings is 2. The van der Waals surface area contributed by atoms with Crippen molar-refractivity contribution in [2.45, 2.75) is 20.8 Å². The van der Waals surface area contributed by atoms with Crippen LogP contribution in [0.3, 0.4) is 0 Å². The van der Waals surface area contributed by atoms with Crippen LogP contribution in [-0.4, -0.2) is 6.29 Å². The van der Waals surface area contributed by atoms with Gasteiger partial charge in [0.25, 0.3) is 0 Å². The molecule has 0 heterocycles. The number of aryl methyl sites for hydroxylation is 3. The van der Waals surface area contributed by atoms with E-state index in [9.17, 15) is 4.79 Å². The van der Waals surface area contributed by atoms with Crippen LogP contribution in [0.15, 0.2) is 36.4 Å². The van der Waals surface area contributed by atoms with E-state index in [4.69, 9.17) is 0 Å². The maximum Gasteiger partial charge on any atom is 0.150 e. The third-order valence-electron chi connectivity index (χ3n) is 3.08. The maximum atomic E-state index is 10.9. The zero-order valence-electron chi connectivity index (χ0n) is 10.4. The van der Waals surface area contributed by atoms with E-state index in [1.807, 2.05) is 18.2 Å². The Morgan fingerprint density at radius 2 is 1.41 bits per heavy atom. The van der Waals surface area contributed by atoms with Gasteiger partial charge < -0.3 is 0 Å². The molecule has 2 rings (SSSR count). The highest BCUT2D eigenvalue weighted by atomic mass is 16.1. The molecule has 0 spiro atoms. The van der Waals surface area contributed by atoms with Crippen LogP contribution in [0, 0.1) is 20.8 Å². The first-order valence-electron chi connectivity index (χ1n) is 5.75. The third kappa shape index (κ3) is 2.28. The Morgan fingerprint density at radius 1 is 0.824 bits per heavy atom. The molecule has 0 aliphatic rings. The molecule has 0 saturated heterocycles. The minimum Gasteiger partial charge on any atom is -0.298 e. The summed E-state index contributed by atoms with van der Waals surface area (Å²) in [6.07, 6.45) is 0.897. The summed E-state index contributed by atoms with van der Waals surface area (Å²) < 4.78 is 0. The Labute approximate surface area is 102 Å². The molecule has 0 fully saturated rings. The molecule has 0 aliphatic carbocycles. The molecule has 0 aliphatic heterocycles. The molecule has 17 heavy (non-hydrogen) atoms. The Morgan fingerprint density at radius 3 is 2.06 bits per heavy atom. The maximum absolute atomic E-state index is 10.9. The molecule has 1 nitrogen and oxygen atoms in total. The number of hydrogen-bond acceptors (Lipinski definition) is 1. The van der Waals surface area contributed by atoms with Gasteiger partial charge in [0.05, 0.1) is 0 Å². The SMILES string of the molecule is Cc1ccc(C)c(-c2cc(C=O)ccc2C)c1. The zero-order chi connectivity index (χ0) is 12.4. The molecule has 86 valence electrons. The van der Waals surface area contributed by atoms with E-state index in [0.29, 0.717) is 0 Å². The molecule has 0 bridgehead atoms. The zero-order valence-corrected chi connectivity index (χ0v) is 10.4. The number of aldehydes is 1. The highest BCUT2D eigenvalue weighted by Crippen LogP contribution is 2.28. The van der Waals surface area contributed by atoms with Crippen molar-refractivity contribution in [3.05, 3.63) is 58.7 Å². The highest BCUT2D eigenvalue weighted by molar-refractivity contribution is 5.81. The van der Waals surface area contributed by atoms with Crippen LogP contribution >= 0.6 is 0 Å². The summed E-state index contributed by atoms with van der Waals surface area (Å²) in [5.41, 5.74) is 6.76. The molecule has 1 heteroatoms. The van der Waals surface area contributed by atoms with Crippen LogP contribution < -0.4 is 0 Å². The summed E-state index contributed by atoms with van der Waals surface area (Å²) in [5.74, 6) is 0. The average Bonchev–Trinajstić information content (AvgIpc) is 2.33. The van der Waals surface area contributed by atoms with Gasteiger partial charge in [-0.05, 0) is 49.1 Å². The monoisotopic (exact) mass is 224 g/mol. The van der Waals surface area contributed by atoms with E-state index >= 15 is 0 Å². The van der Waals surface area contributed by atoms with Crippen molar-refractivity contribution in [3.8, 4) is 11.1 Å². The first kappa shape index (κ1) is 11.6. The highest BCUT2D eigenvalue weighted by Gasteiger charge is 2.06. The minimum atomic E-state index is 0.728. The minimum absolute atomic E-state index is 0.728. The van der Waals surface area contributed by atoms with Crippen LogP contribution in [0.5, 0.6) is 0 Å². The molecule has 0 atom stereocenters. The molecule has 0 radical (unpaired) electrons. The lowest BCUT2D eigenvalue weighted by Gasteiger charge is -2.11. The predicted molar refractivity (Wildman–Crippen MR) is 71.5 cm³/mol. The van der Waals surface area contributed by atoms with E-state index in [2.05, 4.69) is 39.0 Å². The second-order valence-electron chi connectivity index (χ2n) is 4.51. The van der Waals surface area contributed by atoms with Gasteiger partial charge in [0.1, 0.15) is 6.29 Å². The molecule has 2 aromatic rings. The number of rotatable bonds is 2. The summed E-state index contributed by atoms with van der Waals surface area (Å²) in [5, 5.41) is 0. The Hall–Kier alpha value is -1.89. The van der Waals surface area contributed by atoms with E-state index in [1.54, 1.807) is 0 Å². The summed E-state index contributed by atoms with van der Waals surface area (Å²) in [4.78, 5) is 10.9. The molecule has 0 amide bonds. The van der Waals surface area contributed by atoms with Crippen LogP contribution in [0.1, 0.15) is 27.0 Å². The summed E-state index contributed by atoms with van der Waals surface area (Å²) in [6.45, 7) is 6.26. The normalized spacial score (nSPS) is 10.3. The van der Waals surface area contributed by atoms with Crippen molar-refractivity contribution in [1.29, 1.82) is 0 Å². The molecular formula is C16H16O. The van der Waals surface area contributed by atoms with Gasteiger partial charge in [-0.2, -0.15) is 0 Å². The first-order chi connectivity index (χ1) is 8.11. The molecule has 2 aromatic carbocycles. The largest absolute Gasteiger partial charge is 0.298 e. The lowest BCUT2D eigenvalue weighted by molar-refractivity contribution is 0.112. The summed E-state index contributed by atoms with van der Waals surface area (Å²) >= 11 is 0. The number of carbonyl (C=O) groups is 1. The predicted octanol–water partition coefficient (Wildman–Crippen LogP) is 4.09. The van der Waals surface area contributed by atoms with Gasteiger partial charge in [-0.3, -0.25) is 4.79 Å². The van der Waals surface area contributed by atoms with E-state index in [0.717, 1.165) is 17.4 Å². The lowest BCUT2D eigenvalue weighted by Crippen LogP contribution is -1.90. The smallest absolute Gasteiger partial charge is 0.150 e. The molecule has 0 aromatic heterocycles. The second kappa shape index (κ2) is 4.54. The van der Waals surface area contributed by atoms with Crippen molar-refractivity contribution >= 4 is 6.29 Å². The van der Waals surface area contributed by atoms with Crippen molar-refractivity contribution in [2.75, 3.05) is 0 Å². The molecule has 0 saturated carbocycles. The fourth-order valence-corrected chi connectivity index (χ4v) is 2.03. The van der Waals surface area contributed by atoms with E-state index in [1.165, 1.54) is 22.3 Å². The van der Waals surface area contributed by atoms with E-state index in [-0.39, 0.29) is 0 Å². The van der Waals surface area contributed by atoms with E-state index < -0.39 is 0 Å². The van der Waals surface area contributed by atoms with Crippen molar-refractivity contribution in [2.24, 2.45) is 0 Å². The quantitative estimate of drug-likeness (QED) is 0.702. The molecular weight excluding hydrogens is 208 g/mol. The van der Waals surface area contributed by atoms with Crippen molar-refractivity contribution in [3.63, 3.8) is 0 Å². The standard InChI is InChI=1S/C16H16O/c1-11-4-5-12(2)15(8-11)16-9-14(10-17)7-6-13(16)3/h4-10H,1-3H3. The Kier molecular flexibility index (Phi) is 3.10. The third-order valence-corrected chi connectivity index (χ3v) is 3.08. The Bertz CT molecular complexity index is 568. The molecule has 0 unspecified atom stereocenters. The molecule has 0 N–H and O–H groups in total. The number of carbonyl (C=O) groups excluding carboxylic acids is 1. The topological polar surface area (TPSA) is 17.1 Å². The summed E-state index contributed by atoms with van der Waals surface area (Å²) in [7, 11) is 0. The van der Waals surface area contributed by atoms with Gasteiger partial charge in [-0.25, -0.2) is 0 Å². The van der Waals surface area contributed by atoms with Crippen LogP contribution in [0.25, 0.3) is 11.1 Å². The first-order valence-corrected chi connectivity index (χ1v) is 5.75. The average molecular weight is 224 g/mol. The number of hydrogen-bond donors (Lipinski definition) is 0. The van der Waals surface area contributed by atoms with Gasteiger partial charge in [0.2, 0.25) is 0 Å². The van der Waals surface area contributed by atoms with Crippen molar-refractivity contribution in [1.82, 2.24) is 0 Å². The fraction of sp³-hybridized carbons (Fsp3) is 0.188. The Balaban J connectivity index is 2.66. The van der Waals surface area contributed by atoms with Crippen LogP contribution in [0.4, 0.5) is 0 Å². The lowest BCUT2D eigenvalue weighted by atomic mass is 9.94. The van der Waals surface area contributed by atoms with Gasteiger partial charge in [-0.1, -0.05) is 35.9 Å². The second-order valence-corrected chi connectivity index (χ2v) is 4.51.